The number of rotatable bonds is 2. The van der Waals surface area contributed by atoms with Gasteiger partial charge in [0.25, 0.3) is 0 Å². The third-order valence-corrected chi connectivity index (χ3v) is 4.30. The Labute approximate surface area is 106 Å². The third kappa shape index (κ3) is 2.93. The summed E-state index contributed by atoms with van der Waals surface area (Å²) in [7, 11) is 1.65. The normalized spacial score (nSPS) is 29.1. The molecule has 2 saturated heterocycles. The number of piperidine rings is 1. The summed E-state index contributed by atoms with van der Waals surface area (Å²) in [5, 5.41) is 5.85. The van der Waals surface area contributed by atoms with Crippen LogP contribution in [-0.2, 0) is 9.59 Å². The van der Waals surface area contributed by atoms with Crippen LogP contribution < -0.4 is 10.6 Å². The first-order chi connectivity index (χ1) is 8.22. The summed E-state index contributed by atoms with van der Waals surface area (Å²) in [6.45, 7) is 1.36. The van der Waals surface area contributed by atoms with E-state index in [1.165, 1.54) is 0 Å². The van der Waals surface area contributed by atoms with E-state index in [-0.39, 0.29) is 23.8 Å². The quantitative estimate of drug-likeness (QED) is 0.709. The molecule has 17 heavy (non-hydrogen) atoms. The second kappa shape index (κ2) is 5.73. The average Bonchev–Trinajstić information content (AvgIpc) is 2.91. The summed E-state index contributed by atoms with van der Waals surface area (Å²) in [6.07, 6.45) is 1.81. The van der Waals surface area contributed by atoms with E-state index in [0.717, 1.165) is 31.0 Å². The summed E-state index contributed by atoms with van der Waals surface area (Å²) in [4.78, 5) is 25.6. The molecular weight excluding hydrogens is 238 g/mol. The number of amides is 2. The summed E-state index contributed by atoms with van der Waals surface area (Å²) in [6, 6.07) is -0.0524. The number of nitrogens with one attached hydrogen (secondary N) is 2. The molecule has 0 aliphatic carbocycles. The van der Waals surface area contributed by atoms with E-state index in [1.807, 2.05) is 4.90 Å². The van der Waals surface area contributed by atoms with Crippen LogP contribution in [0.15, 0.2) is 0 Å². The van der Waals surface area contributed by atoms with Crippen molar-refractivity contribution in [3.8, 4) is 0 Å². The van der Waals surface area contributed by atoms with Crippen LogP contribution in [0.3, 0.4) is 0 Å². The smallest absolute Gasteiger partial charge is 0.240 e. The molecule has 2 amide bonds. The molecule has 2 rings (SSSR count). The van der Waals surface area contributed by atoms with Gasteiger partial charge in [0.1, 0.15) is 0 Å². The summed E-state index contributed by atoms with van der Waals surface area (Å²) < 4.78 is 0. The first-order valence-corrected chi connectivity index (χ1v) is 7.19. The zero-order chi connectivity index (χ0) is 12.3. The molecule has 2 aliphatic heterocycles. The van der Waals surface area contributed by atoms with Crippen LogP contribution in [-0.4, -0.2) is 54.5 Å². The molecular formula is C11H19N3O2S. The lowest BCUT2D eigenvalue weighted by Gasteiger charge is -2.33. The Morgan fingerprint density at radius 3 is 2.94 bits per heavy atom. The van der Waals surface area contributed by atoms with Gasteiger partial charge in [-0.05, 0) is 12.8 Å². The molecule has 5 nitrogen and oxygen atoms in total. The first kappa shape index (κ1) is 12.7. The van der Waals surface area contributed by atoms with Crippen molar-refractivity contribution in [2.24, 2.45) is 5.92 Å². The van der Waals surface area contributed by atoms with Gasteiger partial charge < -0.3 is 10.2 Å². The van der Waals surface area contributed by atoms with Crippen LogP contribution in [0, 0.1) is 5.92 Å². The number of carbonyl (C=O) groups excluding carboxylic acids is 2. The van der Waals surface area contributed by atoms with E-state index in [1.54, 1.807) is 18.8 Å². The van der Waals surface area contributed by atoms with Crippen molar-refractivity contribution in [2.75, 3.05) is 31.8 Å². The molecule has 0 aromatic carbocycles. The molecule has 0 unspecified atom stereocenters. The molecule has 0 radical (unpaired) electrons. The second-order valence-electron chi connectivity index (χ2n) is 4.51. The van der Waals surface area contributed by atoms with Crippen LogP contribution in [0.2, 0.25) is 0 Å². The Bertz CT molecular complexity index is 305. The van der Waals surface area contributed by atoms with Gasteiger partial charge in [-0.1, -0.05) is 0 Å². The van der Waals surface area contributed by atoms with E-state index < -0.39 is 0 Å². The third-order valence-electron chi connectivity index (χ3n) is 3.36. The number of thioether (sulfide) groups is 1. The number of hydrogen-bond acceptors (Lipinski definition) is 4. The van der Waals surface area contributed by atoms with Gasteiger partial charge in [-0.3, -0.25) is 14.9 Å². The lowest BCUT2D eigenvalue weighted by atomic mass is 9.96. The molecule has 2 fully saturated rings. The number of hydrogen-bond donors (Lipinski definition) is 2. The molecule has 6 heteroatoms. The zero-order valence-corrected chi connectivity index (χ0v) is 10.9. The van der Waals surface area contributed by atoms with Gasteiger partial charge in [-0.25, -0.2) is 0 Å². The Balaban J connectivity index is 1.92. The highest BCUT2D eigenvalue weighted by molar-refractivity contribution is 7.99. The molecule has 0 saturated carbocycles. The van der Waals surface area contributed by atoms with Gasteiger partial charge in [-0.15, -0.1) is 11.8 Å². The van der Waals surface area contributed by atoms with Crippen molar-refractivity contribution >= 4 is 23.6 Å². The molecule has 0 spiro atoms. The first-order valence-electron chi connectivity index (χ1n) is 6.04. The van der Waals surface area contributed by atoms with Crippen molar-refractivity contribution in [3.63, 3.8) is 0 Å². The highest BCUT2D eigenvalue weighted by Gasteiger charge is 2.32. The fourth-order valence-corrected chi connectivity index (χ4v) is 3.30. The van der Waals surface area contributed by atoms with Crippen LogP contribution in [0.5, 0.6) is 0 Å². The molecule has 2 atom stereocenters. The van der Waals surface area contributed by atoms with Crippen molar-refractivity contribution in [1.29, 1.82) is 0 Å². The van der Waals surface area contributed by atoms with Gasteiger partial charge in [0, 0.05) is 31.8 Å². The highest BCUT2D eigenvalue weighted by Crippen LogP contribution is 2.19. The Morgan fingerprint density at radius 1 is 1.47 bits per heavy atom. The van der Waals surface area contributed by atoms with Gasteiger partial charge >= 0.3 is 0 Å². The van der Waals surface area contributed by atoms with Crippen molar-refractivity contribution in [3.05, 3.63) is 0 Å². The molecule has 2 heterocycles. The summed E-state index contributed by atoms with van der Waals surface area (Å²) in [5.41, 5.74) is 0. The Morgan fingerprint density at radius 2 is 2.29 bits per heavy atom. The van der Waals surface area contributed by atoms with E-state index in [9.17, 15) is 9.59 Å². The Kier molecular flexibility index (Phi) is 4.28. The van der Waals surface area contributed by atoms with Gasteiger partial charge in [-0.2, -0.15) is 0 Å². The van der Waals surface area contributed by atoms with E-state index in [2.05, 4.69) is 10.6 Å². The Hall–Kier alpha value is -0.750. The minimum Gasteiger partial charge on any atom is -0.359 e. The molecule has 0 bridgehead atoms. The van der Waals surface area contributed by atoms with Crippen molar-refractivity contribution < 1.29 is 9.59 Å². The summed E-state index contributed by atoms with van der Waals surface area (Å²) >= 11 is 1.75. The molecule has 2 aliphatic rings. The van der Waals surface area contributed by atoms with E-state index in [0.29, 0.717) is 6.54 Å². The van der Waals surface area contributed by atoms with Gasteiger partial charge in [0.2, 0.25) is 11.8 Å². The maximum Gasteiger partial charge on any atom is 0.240 e. The maximum atomic E-state index is 12.2. The molecule has 2 N–H and O–H groups in total. The van der Waals surface area contributed by atoms with Crippen LogP contribution in [0.25, 0.3) is 0 Å². The largest absolute Gasteiger partial charge is 0.359 e. The molecule has 0 aromatic rings. The minimum absolute atomic E-state index is 0.0354. The molecule has 0 aromatic heterocycles. The van der Waals surface area contributed by atoms with Crippen LogP contribution >= 0.6 is 11.8 Å². The molecule has 96 valence electrons. The maximum absolute atomic E-state index is 12.2. The second-order valence-corrected chi connectivity index (χ2v) is 5.54. The SMILES string of the molecule is CNC(=O)[C@@H]1CCCN(C(=O)[C@H]2CSCN2)C1. The highest BCUT2D eigenvalue weighted by atomic mass is 32.2. The van der Waals surface area contributed by atoms with Gasteiger partial charge in [0.15, 0.2) is 0 Å². The topological polar surface area (TPSA) is 61.4 Å². The lowest BCUT2D eigenvalue weighted by Crippen LogP contribution is -2.50. The number of carbonyl (C=O) groups is 2. The standard InChI is InChI=1S/C11H19N3O2S/c1-12-10(15)8-3-2-4-14(5-8)11(16)9-6-17-7-13-9/h8-9,13H,2-7H2,1H3,(H,12,15)/t8-,9-/m1/s1. The predicted octanol–water partition coefficient (Wildman–Crippen LogP) is -0.366. The van der Waals surface area contributed by atoms with Crippen molar-refractivity contribution in [1.82, 2.24) is 15.5 Å². The fourth-order valence-electron chi connectivity index (χ4n) is 2.37. The summed E-state index contributed by atoms with van der Waals surface area (Å²) in [5.74, 6) is 1.87. The minimum atomic E-state index is -0.0524. The predicted molar refractivity (Wildman–Crippen MR) is 67.6 cm³/mol. The fraction of sp³-hybridized carbons (Fsp3) is 0.818. The van der Waals surface area contributed by atoms with Crippen LogP contribution in [0.1, 0.15) is 12.8 Å². The van der Waals surface area contributed by atoms with E-state index in [4.69, 9.17) is 0 Å². The van der Waals surface area contributed by atoms with E-state index >= 15 is 0 Å². The number of likely N-dealkylation sites (tertiary alicyclic amines) is 1. The lowest BCUT2D eigenvalue weighted by molar-refractivity contribution is -0.136. The number of nitrogens with zero attached hydrogens (tertiary/aromatic N) is 1. The monoisotopic (exact) mass is 257 g/mol. The zero-order valence-electron chi connectivity index (χ0n) is 10.1. The van der Waals surface area contributed by atoms with Crippen molar-refractivity contribution in [2.45, 2.75) is 18.9 Å². The van der Waals surface area contributed by atoms with Gasteiger partial charge in [0.05, 0.1) is 12.0 Å². The average molecular weight is 257 g/mol. The van der Waals surface area contributed by atoms with Crippen LogP contribution in [0.4, 0.5) is 0 Å².